The first-order valence-corrected chi connectivity index (χ1v) is 3.82. The van der Waals surface area contributed by atoms with Crippen LogP contribution in [0.3, 0.4) is 0 Å². The van der Waals surface area contributed by atoms with Gasteiger partial charge in [-0.05, 0) is 0 Å². The molecule has 0 amide bonds. The van der Waals surface area contributed by atoms with Crippen molar-refractivity contribution in [2.75, 3.05) is 5.88 Å². The summed E-state index contributed by atoms with van der Waals surface area (Å²) >= 11 is 16.2. The van der Waals surface area contributed by atoms with E-state index in [0.717, 1.165) is 0 Å². The van der Waals surface area contributed by atoms with E-state index in [1.165, 1.54) is 5.54 Å². The summed E-state index contributed by atoms with van der Waals surface area (Å²) in [6.07, 6.45) is 4.36. The highest BCUT2D eigenvalue weighted by Crippen LogP contribution is 2.08. The van der Waals surface area contributed by atoms with Crippen LogP contribution in [0.4, 0.5) is 0 Å². The van der Waals surface area contributed by atoms with Gasteiger partial charge >= 0.3 is 0 Å². The van der Waals surface area contributed by atoms with Crippen LogP contribution in [0.15, 0.2) is 22.7 Å². The lowest BCUT2D eigenvalue weighted by Crippen LogP contribution is -1.66. The number of allylic oxidation sites excluding steroid dienone is 3. The van der Waals surface area contributed by atoms with E-state index in [1.54, 1.807) is 0 Å². The number of alkyl halides is 1. The number of rotatable bonds is 3. The smallest absolute Gasteiger partial charge is 0.0404 e. The van der Waals surface area contributed by atoms with E-state index in [1.807, 2.05) is 12.2 Å². The third-order valence-electron chi connectivity index (χ3n) is 0.687. The molecule has 0 aliphatic carbocycles. The van der Waals surface area contributed by atoms with E-state index in [2.05, 4.69) is 0 Å². The standard InChI is InChI=1S/C6H7Cl3/c7-4-2-1-3-6(9)5-8/h1-2,5H,3-4H2. The first kappa shape index (κ1) is 9.35. The number of hydrogen-bond donors (Lipinski definition) is 0. The minimum Gasteiger partial charge on any atom is -0.122 e. The molecule has 0 saturated carbocycles. The average Bonchev–Trinajstić information content (AvgIpc) is 1.89. The van der Waals surface area contributed by atoms with Crippen molar-refractivity contribution in [1.82, 2.24) is 0 Å². The second kappa shape index (κ2) is 6.47. The van der Waals surface area contributed by atoms with Crippen molar-refractivity contribution in [2.45, 2.75) is 6.42 Å². The van der Waals surface area contributed by atoms with Crippen molar-refractivity contribution < 1.29 is 0 Å². The molecule has 0 aliphatic rings. The number of hydrogen-bond acceptors (Lipinski definition) is 0. The lowest BCUT2D eigenvalue weighted by Gasteiger charge is -1.85. The highest BCUT2D eigenvalue weighted by atomic mass is 35.5. The molecule has 0 aliphatic heterocycles. The van der Waals surface area contributed by atoms with E-state index in [0.29, 0.717) is 17.3 Å². The third-order valence-corrected chi connectivity index (χ3v) is 1.50. The van der Waals surface area contributed by atoms with E-state index in [9.17, 15) is 0 Å². The van der Waals surface area contributed by atoms with Crippen LogP contribution < -0.4 is 0 Å². The Bertz CT molecular complexity index is 115. The molecular weight excluding hydrogens is 178 g/mol. The maximum absolute atomic E-state index is 5.54. The summed E-state index contributed by atoms with van der Waals surface area (Å²) in [4.78, 5) is 0. The number of halogens is 3. The molecule has 0 fully saturated rings. The van der Waals surface area contributed by atoms with Crippen molar-refractivity contribution in [1.29, 1.82) is 0 Å². The molecule has 0 N–H and O–H groups in total. The minimum atomic E-state index is 0.520. The second-order valence-electron chi connectivity index (χ2n) is 1.39. The third kappa shape index (κ3) is 6.23. The Morgan fingerprint density at radius 3 is 2.44 bits per heavy atom. The summed E-state index contributed by atoms with van der Waals surface area (Å²) in [5.74, 6) is 0.520. The van der Waals surface area contributed by atoms with Crippen molar-refractivity contribution in [3.05, 3.63) is 22.7 Å². The highest BCUT2D eigenvalue weighted by molar-refractivity contribution is 6.36. The summed E-state index contributed by atoms with van der Waals surface area (Å²) in [5.41, 5.74) is 1.35. The van der Waals surface area contributed by atoms with Crippen LogP contribution >= 0.6 is 34.8 Å². The van der Waals surface area contributed by atoms with Gasteiger partial charge in [-0.1, -0.05) is 35.4 Å². The lowest BCUT2D eigenvalue weighted by molar-refractivity contribution is 1.35. The summed E-state index contributed by atoms with van der Waals surface area (Å²) in [6, 6.07) is 0. The zero-order valence-corrected chi connectivity index (χ0v) is 7.05. The van der Waals surface area contributed by atoms with E-state index >= 15 is 0 Å². The molecule has 0 aromatic heterocycles. The van der Waals surface area contributed by atoms with Gasteiger partial charge in [-0.15, -0.1) is 11.6 Å². The largest absolute Gasteiger partial charge is 0.122 e. The van der Waals surface area contributed by atoms with Gasteiger partial charge in [0, 0.05) is 22.9 Å². The predicted molar refractivity (Wildman–Crippen MR) is 44.3 cm³/mol. The molecule has 0 saturated heterocycles. The zero-order valence-electron chi connectivity index (χ0n) is 4.78. The predicted octanol–water partition coefficient (Wildman–Crippen LogP) is 3.49. The van der Waals surface area contributed by atoms with Gasteiger partial charge in [0.2, 0.25) is 0 Å². The normalized spacial score (nSPS) is 13.0. The Morgan fingerprint density at radius 1 is 1.33 bits per heavy atom. The van der Waals surface area contributed by atoms with Crippen LogP contribution in [0, 0.1) is 0 Å². The quantitative estimate of drug-likeness (QED) is 0.466. The van der Waals surface area contributed by atoms with Gasteiger partial charge in [-0.3, -0.25) is 0 Å². The van der Waals surface area contributed by atoms with Crippen molar-refractivity contribution in [2.24, 2.45) is 0 Å². The maximum atomic E-state index is 5.54. The molecule has 0 rings (SSSR count). The molecule has 0 aromatic carbocycles. The first-order valence-electron chi connectivity index (χ1n) is 2.47. The van der Waals surface area contributed by atoms with E-state index in [4.69, 9.17) is 34.8 Å². The topological polar surface area (TPSA) is 0 Å². The Morgan fingerprint density at radius 2 is 2.00 bits per heavy atom. The van der Waals surface area contributed by atoms with E-state index < -0.39 is 0 Å². The molecule has 9 heavy (non-hydrogen) atoms. The van der Waals surface area contributed by atoms with Crippen molar-refractivity contribution in [3.8, 4) is 0 Å². The highest BCUT2D eigenvalue weighted by Gasteiger charge is 1.83. The molecule has 0 heterocycles. The van der Waals surface area contributed by atoms with Gasteiger partial charge in [-0.2, -0.15) is 0 Å². The molecule has 0 aromatic rings. The Balaban J connectivity index is 3.38. The molecule has 0 radical (unpaired) electrons. The first-order chi connectivity index (χ1) is 4.31. The Labute approximate surface area is 70.1 Å². The van der Waals surface area contributed by atoms with Crippen LogP contribution in [0.25, 0.3) is 0 Å². The van der Waals surface area contributed by atoms with Crippen LogP contribution in [-0.4, -0.2) is 5.88 Å². The minimum absolute atomic E-state index is 0.520. The van der Waals surface area contributed by atoms with Gasteiger partial charge in [0.15, 0.2) is 0 Å². The summed E-state index contributed by atoms with van der Waals surface area (Å²) in [6.45, 7) is 0. The molecule has 0 nitrogen and oxygen atoms in total. The van der Waals surface area contributed by atoms with Crippen LogP contribution in [0.5, 0.6) is 0 Å². The summed E-state index contributed by atoms with van der Waals surface area (Å²) < 4.78 is 0. The fourth-order valence-electron chi connectivity index (χ4n) is 0.303. The SMILES string of the molecule is ClC=C(Cl)CC=CCCl. The fraction of sp³-hybridized carbons (Fsp3) is 0.333. The Hall–Kier alpha value is 0.350. The molecule has 0 atom stereocenters. The van der Waals surface area contributed by atoms with Gasteiger partial charge in [-0.25, -0.2) is 0 Å². The monoisotopic (exact) mass is 184 g/mol. The maximum Gasteiger partial charge on any atom is 0.0404 e. The van der Waals surface area contributed by atoms with Gasteiger partial charge in [0.1, 0.15) is 0 Å². The zero-order chi connectivity index (χ0) is 7.11. The second-order valence-corrected chi connectivity index (χ2v) is 2.40. The molecule has 0 spiro atoms. The molecular formula is C6H7Cl3. The van der Waals surface area contributed by atoms with E-state index in [-0.39, 0.29) is 0 Å². The van der Waals surface area contributed by atoms with Crippen LogP contribution in [-0.2, 0) is 0 Å². The van der Waals surface area contributed by atoms with Gasteiger partial charge in [0.25, 0.3) is 0 Å². The molecule has 0 bridgehead atoms. The molecule has 52 valence electrons. The summed E-state index contributed by atoms with van der Waals surface area (Å²) in [7, 11) is 0. The summed E-state index contributed by atoms with van der Waals surface area (Å²) in [5, 5.41) is 0.623. The molecule has 0 unspecified atom stereocenters. The molecule has 3 heteroatoms. The van der Waals surface area contributed by atoms with Crippen molar-refractivity contribution in [3.63, 3.8) is 0 Å². The Kier molecular flexibility index (Phi) is 6.72. The van der Waals surface area contributed by atoms with Crippen LogP contribution in [0.1, 0.15) is 6.42 Å². The van der Waals surface area contributed by atoms with Gasteiger partial charge in [0.05, 0.1) is 0 Å². The lowest BCUT2D eigenvalue weighted by atomic mass is 10.4. The average molecular weight is 185 g/mol. The van der Waals surface area contributed by atoms with Crippen molar-refractivity contribution >= 4 is 34.8 Å². The van der Waals surface area contributed by atoms with Gasteiger partial charge < -0.3 is 0 Å². The fourth-order valence-corrected chi connectivity index (χ4v) is 0.608. The van der Waals surface area contributed by atoms with Crippen LogP contribution in [0.2, 0.25) is 0 Å².